The number of aliphatic hydroxyl groups excluding tert-OH is 1. The van der Waals surface area contributed by atoms with Gasteiger partial charge in [0.15, 0.2) is 0 Å². The molecule has 0 unspecified atom stereocenters. The van der Waals surface area contributed by atoms with Crippen LogP contribution in [0.15, 0.2) is 51.8 Å². The van der Waals surface area contributed by atoms with E-state index >= 15 is 0 Å². The van der Waals surface area contributed by atoms with E-state index in [0.29, 0.717) is 15.6 Å². The predicted octanol–water partition coefficient (Wildman–Crippen LogP) is 3.06. The van der Waals surface area contributed by atoms with Crippen LogP contribution in [0.4, 0.5) is 0 Å². The van der Waals surface area contributed by atoms with Crippen molar-refractivity contribution >= 4 is 55.1 Å². The second-order valence-electron chi connectivity index (χ2n) is 5.55. The third-order valence-corrected chi connectivity index (χ3v) is 6.62. The molecule has 0 aliphatic rings. The second-order valence-corrected chi connectivity index (χ2v) is 9.22. The highest BCUT2D eigenvalue weighted by Crippen LogP contribution is 2.25. The molecule has 0 saturated carbocycles. The van der Waals surface area contributed by atoms with Gasteiger partial charge in [0.25, 0.3) is 0 Å². The van der Waals surface area contributed by atoms with E-state index in [2.05, 4.69) is 21.2 Å². The average molecular weight is 496 g/mol. The molecular weight excluding hydrogens is 479 g/mol. The fourth-order valence-corrected chi connectivity index (χ4v) is 4.20. The number of nitrogens with one attached hydrogen (secondary N) is 1. The molecule has 2 rings (SSSR count). The van der Waals surface area contributed by atoms with Crippen LogP contribution in [0.25, 0.3) is 0 Å². The van der Waals surface area contributed by atoms with Crippen molar-refractivity contribution in [2.24, 2.45) is 0 Å². The maximum Gasteiger partial charge on any atom is 0.243 e. The monoisotopic (exact) mass is 494 g/mol. The van der Waals surface area contributed by atoms with Crippen LogP contribution < -0.4 is 5.32 Å². The van der Waals surface area contributed by atoms with Gasteiger partial charge in [0.1, 0.15) is 0 Å². The van der Waals surface area contributed by atoms with Crippen LogP contribution in [0.3, 0.4) is 0 Å². The second kappa shape index (κ2) is 9.86. The number of rotatable bonds is 8. The lowest BCUT2D eigenvalue weighted by Gasteiger charge is -2.22. The number of amides is 1. The van der Waals surface area contributed by atoms with Crippen LogP contribution in [0.1, 0.15) is 5.56 Å². The van der Waals surface area contributed by atoms with E-state index in [-0.39, 0.29) is 24.6 Å². The first-order valence-corrected chi connectivity index (χ1v) is 10.8. The molecule has 0 spiro atoms. The number of hydrogen-bond donors (Lipinski definition) is 2. The molecule has 0 radical (unpaired) electrons. The molecule has 10 heteroatoms. The third-order valence-electron chi connectivity index (χ3n) is 3.55. The lowest BCUT2D eigenvalue weighted by molar-refractivity contribution is -0.121. The van der Waals surface area contributed by atoms with E-state index in [1.54, 1.807) is 30.3 Å². The number of sulfonamides is 1. The van der Waals surface area contributed by atoms with Gasteiger partial charge in [0.05, 0.1) is 28.1 Å². The summed E-state index contributed by atoms with van der Waals surface area (Å²) in [4.78, 5) is 12.1. The van der Waals surface area contributed by atoms with Crippen LogP contribution >= 0.6 is 39.1 Å². The molecule has 0 aliphatic heterocycles. The van der Waals surface area contributed by atoms with Crippen LogP contribution in [0.5, 0.6) is 0 Å². The first kappa shape index (κ1) is 22.1. The Morgan fingerprint density at radius 2 is 1.78 bits per heavy atom. The minimum atomic E-state index is -3.95. The largest absolute Gasteiger partial charge is 0.395 e. The van der Waals surface area contributed by atoms with Crippen molar-refractivity contribution in [3.63, 3.8) is 0 Å². The summed E-state index contributed by atoms with van der Waals surface area (Å²) in [5.41, 5.74) is 0.583. The molecule has 2 N–H and O–H groups in total. The Morgan fingerprint density at radius 1 is 1.11 bits per heavy atom. The normalized spacial score (nSPS) is 11.6. The minimum absolute atomic E-state index is 0.0395. The molecular formula is C17H17BrCl2N2O4S. The third kappa shape index (κ3) is 6.17. The van der Waals surface area contributed by atoms with E-state index in [4.69, 9.17) is 28.3 Å². The highest BCUT2D eigenvalue weighted by molar-refractivity contribution is 9.10. The molecule has 6 nitrogen and oxygen atoms in total. The molecule has 0 bridgehead atoms. The molecule has 2 aromatic rings. The molecule has 0 atom stereocenters. The maximum atomic E-state index is 13.0. The first-order chi connectivity index (χ1) is 12.7. The molecule has 0 aliphatic carbocycles. The Kier molecular flexibility index (Phi) is 8.08. The van der Waals surface area contributed by atoms with Gasteiger partial charge < -0.3 is 10.4 Å². The fraction of sp³-hybridized carbons (Fsp3) is 0.235. The molecule has 27 heavy (non-hydrogen) atoms. The number of carbonyl (C=O) groups excluding carboxylic acids is 1. The van der Waals surface area contributed by atoms with Gasteiger partial charge in [-0.05, 0) is 42.0 Å². The summed E-state index contributed by atoms with van der Waals surface area (Å²) in [5, 5.41) is 11.9. The topological polar surface area (TPSA) is 86.7 Å². The Balaban J connectivity index is 2.34. The summed E-state index contributed by atoms with van der Waals surface area (Å²) in [6.07, 6.45) is 0. The quantitative estimate of drug-likeness (QED) is 0.589. The van der Waals surface area contributed by atoms with Crippen molar-refractivity contribution in [2.75, 3.05) is 19.7 Å². The van der Waals surface area contributed by atoms with Crippen molar-refractivity contribution in [1.29, 1.82) is 0 Å². The van der Waals surface area contributed by atoms with Gasteiger partial charge in [-0.2, -0.15) is 4.31 Å². The molecule has 0 fully saturated rings. The Morgan fingerprint density at radius 3 is 2.37 bits per heavy atom. The van der Waals surface area contributed by atoms with E-state index in [9.17, 15) is 13.2 Å². The standard InChI is InChI=1S/C17H17BrCl2N2O4S/c18-13-2-4-14(5-3-13)27(25,26)22(11-17(24)21-7-8-23)10-12-1-6-15(19)16(20)9-12/h1-6,9,23H,7-8,10-11H2,(H,21,24). The zero-order valence-corrected chi connectivity index (χ0v) is 17.9. The van der Waals surface area contributed by atoms with Crippen molar-refractivity contribution in [3.05, 3.63) is 62.5 Å². The molecule has 0 aromatic heterocycles. The first-order valence-electron chi connectivity index (χ1n) is 7.81. The van der Waals surface area contributed by atoms with Gasteiger partial charge in [-0.3, -0.25) is 4.79 Å². The number of hydrogen-bond acceptors (Lipinski definition) is 4. The number of aliphatic hydroxyl groups is 1. The van der Waals surface area contributed by atoms with Crippen molar-refractivity contribution in [1.82, 2.24) is 9.62 Å². The van der Waals surface area contributed by atoms with Crippen molar-refractivity contribution < 1.29 is 18.3 Å². The smallest absolute Gasteiger partial charge is 0.243 e. The Bertz CT molecular complexity index is 908. The zero-order chi connectivity index (χ0) is 20.0. The number of halogens is 3. The summed E-state index contributed by atoms with van der Waals surface area (Å²) in [6, 6.07) is 10.9. The van der Waals surface area contributed by atoms with E-state index in [0.717, 1.165) is 8.78 Å². The average Bonchev–Trinajstić information content (AvgIpc) is 2.62. The van der Waals surface area contributed by atoms with Crippen LogP contribution in [0.2, 0.25) is 10.0 Å². The van der Waals surface area contributed by atoms with Crippen LogP contribution in [0, 0.1) is 0 Å². The summed E-state index contributed by atoms with van der Waals surface area (Å²) in [6.45, 7) is -0.670. The SMILES string of the molecule is O=C(CN(Cc1ccc(Cl)c(Cl)c1)S(=O)(=O)c1ccc(Br)cc1)NCCO. The lowest BCUT2D eigenvalue weighted by Crippen LogP contribution is -2.41. The number of benzene rings is 2. The Labute approximate surface area is 176 Å². The molecule has 146 valence electrons. The van der Waals surface area contributed by atoms with Gasteiger partial charge >= 0.3 is 0 Å². The molecule has 0 heterocycles. The summed E-state index contributed by atoms with van der Waals surface area (Å²) < 4.78 is 27.8. The van der Waals surface area contributed by atoms with Gasteiger partial charge in [-0.25, -0.2) is 8.42 Å². The van der Waals surface area contributed by atoms with E-state index in [1.807, 2.05) is 0 Å². The molecule has 2 aromatic carbocycles. The summed E-state index contributed by atoms with van der Waals surface area (Å²) in [5.74, 6) is -0.523. The lowest BCUT2D eigenvalue weighted by atomic mass is 10.2. The fourth-order valence-electron chi connectivity index (χ4n) is 2.23. The highest BCUT2D eigenvalue weighted by atomic mass is 79.9. The van der Waals surface area contributed by atoms with Crippen molar-refractivity contribution in [2.45, 2.75) is 11.4 Å². The number of nitrogens with zero attached hydrogens (tertiary/aromatic N) is 1. The Hall–Kier alpha value is -1.16. The summed E-state index contributed by atoms with van der Waals surface area (Å²) >= 11 is 15.2. The van der Waals surface area contributed by atoms with Gasteiger partial charge in [-0.1, -0.05) is 45.2 Å². The summed E-state index contributed by atoms with van der Waals surface area (Å²) in [7, 11) is -3.95. The maximum absolute atomic E-state index is 13.0. The van der Waals surface area contributed by atoms with Crippen molar-refractivity contribution in [3.8, 4) is 0 Å². The van der Waals surface area contributed by atoms with Gasteiger partial charge in [0, 0.05) is 17.6 Å². The molecule has 0 saturated heterocycles. The zero-order valence-electron chi connectivity index (χ0n) is 14.0. The minimum Gasteiger partial charge on any atom is -0.395 e. The molecule has 1 amide bonds. The van der Waals surface area contributed by atoms with Gasteiger partial charge in [-0.15, -0.1) is 0 Å². The van der Waals surface area contributed by atoms with Gasteiger partial charge in [0.2, 0.25) is 15.9 Å². The van der Waals surface area contributed by atoms with E-state index in [1.165, 1.54) is 12.1 Å². The highest BCUT2D eigenvalue weighted by Gasteiger charge is 2.27. The number of carbonyl (C=O) groups is 1. The van der Waals surface area contributed by atoms with E-state index < -0.39 is 22.5 Å². The predicted molar refractivity (Wildman–Crippen MR) is 108 cm³/mol. The van der Waals surface area contributed by atoms with Crippen LogP contribution in [-0.2, 0) is 21.4 Å². The van der Waals surface area contributed by atoms with Crippen LogP contribution in [-0.4, -0.2) is 43.4 Å².